The first-order valence-corrected chi connectivity index (χ1v) is 12.6. The quantitative estimate of drug-likeness (QED) is 0.549. The Labute approximate surface area is 214 Å². The summed E-state index contributed by atoms with van der Waals surface area (Å²) in [5, 5.41) is 19.4. The van der Waals surface area contributed by atoms with E-state index in [4.69, 9.17) is 4.74 Å². The van der Waals surface area contributed by atoms with Crippen LogP contribution in [0.15, 0.2) is 66.9 Å². The highest BCUT2D eigenvalue weighted by molar-refractivity contribution is 5.82. The monoisotopic (exact) mass is 508 g/mol. The molecule has 194 valence electrons. The van der Waals surface area contributed by atoms with Gasteiger partial charge in [-0.15, -0.1) is 5.10 Å². The Kier molecular flexibility index (Phi) is 7.17. The van der Waals surface area contributed by atoms with Crippen LogP contribution in [0.1, 0.15) is 30.4 Å². The zero-order valence-corrected chi connectivity index (χ0v) is 20.6. The minimum atomic E-state index is -0.939. The van der Waals surface area contributed by atoms with Gasteiger partial charge in [0.15, 0.2) is 5.82 Å². The summed E-state index contributed by atoms with van der Waals surface area (Å²) < 4.78 is 34.7. The fourth-order valence-corrected chi connectivity index (χ4v) is 5.74. The first kappa shape index (κ1) is 25.2. The number of halogens is 2. The van der Waals surface area contributed by atoms with Gasteiger partial charge >= 0.3 is 0 Å². The third kappa shape index (κ3) is 4.81. The summed E-state index contributed by atoms with van der Waals surface area (Å²) in [6.07, 6.45) is 1.05. The predicted molar refractivity (Wildman–Crippen MR) is 134 cm³/mol. The standard InChI is InChI=1S/C28H30F2N4O3/c1-2-37-28(19-7-4-3-5-8-19)12-14-33(18-25(28)35)27(36)23-17-34(26-9-6-13-31-32-26)16-22(23)21-11-10-20(29)15-24(21)30/h3-11,13,15,22-23,25,35H,2,12,14,16-18H2,1H3/t22-,23+,25-,28-/m0/s1. The molecule has 0 bridgehead atoms. The van der Waals surface area contributed by atoms with E-state index in [-0.39, 0.29) is 18.0 Å². The number of hydrogen-bond donors (Lipinski definition) is 1. The van der Waals surface area contributed by atoms with Crippen molar-refractivity contribution in [2.24, 2.45) is 5.92 Å². The molecule has 3 heterocycles. The zero-order chi connectivity index (χ0) is 26.0. The van der Waals surface area contributed by atoms with Crippen LogP contribution < -0.4 is 4.90 Å². The molecule has 2 saturated heterocycles. The number of β-amino-alcohol motifs (C(OH)–C–C–N with tert-alkyl or cyclic N) is 1. The second-order valence-electron chi connectivity index (χ2n) is 9.60. The molecule has 1 aromatic heterocycles. The van der Waals surface area contributed by atoms with Crippen molar-refractivity contribution in [3.8, 4) is 0 Å². The molecule has 5 rings (SSSR count). The normalized spacial score (nSPS) is 25.9. The molecule has 2 fully saturated rings. The highest BCUT2D eigenvalue weighted by Gasteiger charge is 2.48. The number of anilines is 1. The van der Waals surface area contributed by atoms with E-state index in [1.54, 1.807) is 23.2 Å². The summed E-state index contributed by atoms with van der Waals surface area (Å²) in [5.41, 5.74) is 0.255. The maximum atomic E-state index is 14.9. The van der Waals surface area contributed by atoms with Gasteiger partial charge in [0.2, 0.25) is 5.91 Å². The van der Waals surface area contributed by atoms with Crippen LogP contribution in [0.3, 0.4) is 0 Å². The van der Waals surface area contributed by atoms with Gasteiger partial charge < -0.3 is 19.6 Å². The smallest absolute Gasteiger partial charge is 0.228 e. The van der Waals surface area contributed by atoms with Gasteiger partial charge in [0, 0.05) is 57.4 Å². The van der Waals surface area contributed by atoms with Crippen molar-refractivity contribution in [3.05, 3.63) is 89.6 Å². The molecule has 37 heavy (non-hydrogen) atoms. The van der Waals surface area contributed by atoms with E-state index in [0.29, 0.717) is 38.5 Å². The van der Waals surface area contributed by atoms with Crippen molar-refractivity contribution in [3.63, 3.8) is 0 Å². The minimum absolute atomic E-state index is 0.0913. The van der Waals surface area contributed by atoms with Crippen LogP contribution in [0.2, 0.25) is 0 Å². The number of nitrogens with zero attached hydrogens (tertiary/aromatic N) is 4. The maximum Gasteiger partial charge on any atom is 0.228 e. The van der Waals surface area contributed by atoms with E-state index in [2.05, 4.69) is 10.2 Å². The Morgan fingerprint density at radius 3 is 2.59 bits per heavy atom. The fourth-order valence-electron chi connectivity index (χ4n) is 5.74. The van der Waals surface area contributed by atoms with E-state index in [0.717, 1.165) is 11.6 Å². The van der Waals surface area contributed by atoms with Crippen molar-refractivity contribution in [1.82, 2.24) is 15.1 Å². The van der Waals surface area contributed by atoms with Crippen molar-refractivity contribution >= 4 is 11.7 Å². The van der Waals surface area contributed by atoms with Crippen LogP contribution >= 0.6 is 0 Å². The Morgan fingerprint density at radius 2 is 1.92 bits per heavy atom. The second-order valence-corrected chi connectivity index (χ2v) is 9.60. The van der Waals surface area contributed by atoms with Crippen LogP contribution in [0.25, 0.3) is 0 Å². The number of aliphatic hydroxyl groups is 1. The van der Waals surface area contributed by atoms with Gasteiger partial charge in [0.05, 0.1) is 5.92 Å². The third-order valence-electron chi connectivity index (χ3n) is 7.54. The van der Waals surface area contributed by atoms with Crippen LogP contribution in [0, 0.1) is 17.6 Å². The molecule has 2 aliphatic heterocycles. The summed E-state index contributed by atoms with van der Waals surface area (Å²) >= 11 is 0. The molecule has 1 amide bonds. The Balaban J connectivity index is 1.41. The molecule has 0 aliphatic carbocycles. The number of carbonyl (C=O) groups is 1. The summed E-state index contributed by atoms with van der Waals surface area (Å²) in [6.45, 7) is 3.42. The lowest BCUT2D eigenvalue weighted by molar-refractivity contribution is -0.171. The van der Waals surface area contributed by atoms with Gasteiger partial charge in [-0.1, -0.05) is 36.4 Å². The number of hydrogen-bond acceptors (Lipinski definition) is 6. The number of aliphatic hydroxyl groups excluding tert-OH is 1. The molecule has 7 nitrogen and oxygen atoms in total. The Hall–Kier alpha value is -3.43. The average Bonchev–Trinajstić information content (AvgIpc) is 3.36. The summed E-state index contributed by atoms with van der Waals surface area (Å²) in [6, 6.07) is 16.6. The number of carbonyl (C=O) groups excluding carboxylic acids is 1. The van der Waals surface area contributed by atoms with E-state index >= 15 is 0 Å². The van der Waals surface area contributed by atoms with Crippen molar-refractivity contribution in [2.45, 2.75) is 31.0 Å². The topological polar surface area (TPSA) is 78.8 Å². The Morgan fingerprint density at radius 1 is 1.11 bits per heavy atom. The van der Waals surface area contributed by atoms with Crippen molar-refractivity contribution < 1.29 is 23.4 Å². The first-order valence-electron chi connectivity index (χ1n) is 12.6. The molecular formula is C28H30F2N4O3. The summed E-state index contributed by atoms with van der Waals surface area (Å²) in [5.74, 6) is -2.06. The van der Waals surface area contributed by atoms with Crippen molar-refractivity contribution in [2.75, 3.05) is 37.7 Å². The fraction of sp³-hybridized carbons (Fsp3) is 0.393. The zero-order valence-electron chi connectivity index (χ0n) is 20.6. The van der Waals surface area contributed by atoms with Gasteiger partial charge in [0.25, 0.3) is 0 Å². The Bertz CT molecular complexity index is 1230. The highest BCUT2D eigenvalue weighted by atomic mass is 19.1. The number of likely N-dealkylation sites (tertiary alicyclic amines) is 1. The van der Waals surface area contributed by atoms with E-state index in [9.17, 15) is 18.7 Å². The third-order valence-corrected chi connectivity index (χ3v) is 7.54. The molecule has 9 heteroatoms. The lowest BCUT2D eigenvalue weighted by Gasteiger charge is -2.46. The molecule has 0 unspecified atom stereocenters. The molecule has 2 aliphatic rings. The maximum absolute atomic E-state index is 14.9. The van der Waals surface area contributed by atoms with E-state index < -0.39 is 35.2 Å². The van der Waals surface area contributed by atoms with E-state index in [1.807, 2.05) is 42.2 Å². The van der Waals surface area contributed by atoms with Gasteiger partial charge in [-0.2, -0.15) is 5.10 Å². The van der Waals surface area contributed by atoms with Crippen LogP contribution in [0.5, 0.6) is 0 Å². The van der Waals surface area contributed by atoms with E-state index in [1.165, 1.54) is 12.1 Å². The lowest BCUT2D eigenvalue weighted by atomic mass is 9.80. The summed E-state index contributed by atoms with van der Waals surface area (Å²) in [4.78, 5) is 17.4. The number of aromatic nitrogens is 2. The van der Waals surface area contributed by atoms with Crippen LogP contribution in [-0.4, -0.2) is 65.0 Å². The molecule has 0 radical (unpaired) electrons. The van der Waals surface area contributed by atoms with Gasteiger partial charge in [-0.05, 0) is 36.2 Å². The molecule has 1 N–H and O–H groups in total. The highest BCUT2D eigenvalue weighted by Crippen LogP contribution is 2.40. The molecule has 0 spiro atoms. The largest absolute Gasteiger partial charge is 0.388 e. The van der Waals surface area contributed by atoms with Gasteiger partial charge in [-0.3, -0.25) is 4.79 Å². The summed E-state index contributed by atoms with van der Waals surface area (Å²) in [7, 11) is 0. The number of ether oxygens (including phenoxy) is 1. The lowest BCUT2D eigenvalue weighted by Crippen LogP contribution is -2.57. The minimum Gasteiger partial charge on any atom is -0.388 e. The molecule has 4 atom stereocenters. The number of benzene rings is 2. The van der Waals surface area contributed by atoms with Crippen molar-refractivity contribution in [1.29, 1.82) is 0 Å². The van der Waals surface area contributed by atoms with Gasteiger partial charge in [-0.25, -0.2) is 8.78 Å². The molecule has 0 saturated carbocycles. The second kappa shape index (κ2) is 10.5. The molecule has 3 aromatic rings. The average molecular weight is 509 g/mol. The molecular weight excluding hydrogens is 478 g/mol. The van der Waals surface area contributed by atoms with Crippen LogP contribution in [-0.2, 0) is 15.1 Å². The number of piperidine rings is 1. The van der Waals surface area contributed by atoms with Gasteiger partial charge in [0.1, 0.15) is 23.3 Å². The number of amides is 1. The number of rotatable bonds is 6. The predicted octanol–water partition coefficient (Wildman–Crippen LogP) is 3.50. The SMILES string of the molecule is CCO[C@]1(c2ccccc2)CCN(C(=O)[C@@H]2CN(c3cccnn3)C[C@H]2c2ccc(F)cc2F)C[C@@H]1O. The first-order chi connectivity index (χ1) is 17.9. The molecule has 2 aromatic carbocycles. The van der Waals surface area contributed by atoms with Crippen LogP contribution in [0.4, 0.5) is 14.6 Å².